The fourth-order valence-corrected chi connectivity index (χ4v) is 3.71. The maximum Gasteiger partial charge on any atom is 0.319 e. The van der Waals surface area contributed by atoms with E-state index in [1.54, 1.807) is 24.3 Å². The molecule has 7 nitrogen and oxygen atoms in total. The third-order valence-corrected chi connectivity index (χ3v) is 5.59. The van der Waals surface area contributed by atoms with Crippen molar-refractivity contribution in [3.05, 3.63) is 95.0 Å². The van der Waals surface area contributed by atoms with Gasteiger partial charge in [0, 0.05) is 34.4 Å². The number of urea groups is 1. The van der Waals surface area contributed by atoms with Crippen LogP contribution in [-0.2, 0) is 11.2 Å². The average Bonchev–Trinajstić information content (AvgIpc) is 3.27. The van der Waals surface area contributed by atoms with Crippen LogP contribution in [0.3, 0.4) is 0 Å². The third-order valence-electron chi connectivity index (χ3n) is 5.34. The van der Waals surface area contributed by atoms with Gasteiger partial charge in [-0.3, -0.25) is 9.79 Å². The predicted octanol–water partition coefficient (Wildman–Crippen LogP) is 4.45. The van der Waals surface area contributed by atoms with E-state index in [1.165, 1.54) is 0 Å². The number of hydrogen-bond acceptors (Lipinski definition) is 4. The van der Waals surface area contributed by atoms with Gasteiger partial charge in [-0.1, -0.05) is 41.9 Å². The van der Waals surface area contributed by atoms with Crippen LogP contribution in [0.4, 0.5) is 16.2 Å². The first kappa shape index (κ1) is 23.3. The number of aliphatic imine (C=N–C) groups is 1. The first-order valence-electron chi connectivity index (χ1n) is 11.1. The van der Waals surface area contributed by atoms with Gasteiger partial charge in [0.1, 0.15) is 11.9 Å². The molecule has 4 rings (SSSR count). The molecule has 34 heavy (non-hydrogen) atoms. The smallest absolute Gasteiger partial charge is 0.319 e. The summed E-state index contributed by atoms with van der Waals surface area (Å²) >= 11 is 5.90. The number of rotatable bonds is 7. The molecule has 4 N–H and O–H groups in total. The topological polar surface area (TPSA) is 94.6 Å². The van der Waals surface area contributed by atoms with Gasteiger partial charge in [0.2, 0.25) is 5.91 Å². The molecule has 0 saturated carbocycles. The second-order valence-corrected chi connectivity index (χ2v) is 8.59. The second kappa shape index (κ2) is 10.9. The van der Waals surface area contributed by atoms with Gasteiger partial charge in [0.05, 0.1) is 6.54 Å². The Labute approximate surface area is 203 Å². The van der Waals surface area contributed by atoms with Crippen molar-refractivity contribution in [2.45, 2.75) is 25.4 Å². The van der Waals surface area contributed by atoms with E-state index in [1.807, 2.05) is 54.6 Å². The van der Waals surface area contributed by atoms with Crippen LogP contribution in [-0.4, -0.2) is 36.4 Å². The van der Waals surface area contributed by atoms with Crippen LogP contribution in [0.1, 0.15) is 18.1 Å². The second-order valence-electron chi connectivity index (χ2n) is 8.15. The Bertz CT molecular complexity index is 1160. The van der Waals surface area contributed by atoms with E-state index in [4.69, 9.17) is 11.6 Å². The summed E-state index contributed by atoms with van der Waals surface area (Å²) in [6.45, 7) is 2.83. The Kier molecular flexibility index (Phi) is 7.44. The lowest BCUT2D eigenvalue weighted by Crippen LogP contribution is -2.46. The summed E-state index contributed by atoms with van der Waals surface area (Å²) < 4.78 is 0. The Balaban J connectivity index is 1.43. The van der Waals surface area contributed by atoms with Crippen LogP contribution in [0.2, 0.25) is 5.02 Å². The Hall–Kier alpha value is -3.84. The van der Waals surface area contributed by atoms with E-state index in [-0.39, 0.29) is 5.91 Å². The van der Waals surface area contributed by atoms with Crippen molar-refractivity contribution in [1.82, 2.24) is 10.6 Å². The number of halogens is 1. The number of nitrogens with one attached hydrogen (secondary N) is 4. The molecule has 174 valence electrons. The minimum atomic E-state index is -0.781. The highest BCUT2D eigenvalue weighted by molar-refractivity contribution is 6.30. The monoisotopic (exact) mass is 475 g/mol. The molecule has 0 saturated heterocycles. The van der Waals surface area contributed by atoms with Crippen LogP contribution < -0.4 is 21.3 Å². The highest BCUT2D eigenvalue weighted by atomic mass is 35.5. The quantitative estimate of drug-likeness (QED) is 0.406. The fourth-order valence-electron chi connectivity index (χ4n) is 3.59. The van der Waals surface area contributed by atoms with Crippen molar-refractivity contribution in [1.29, 1.82) is 0 Å². The van der Waals surface area contributed by atoms with E-state index in [2.05, 4.69) is 33.2 Å². The van der Waals surface area contributed by atoms with Gasteiger partial charge in [-0.2, -0.15) is 0 Å². The van der Waals surface area contributed by atoms with Crippen molar-refractivity contribution in [2.24, 2.45) is 4.99 Å². The largest absolute Gasteiger partial charge is 0.366 e. The molecule has 3 amide bonds. The van der Waals surface area contributed by atoms with E-state index >= 15 is 0 Å². The molecule has 1 aliphatic rings. The summed E-state index contributed by atoms with van der Waals surface area (Å²) in [6.07, 6.45) is 0.345. The van der Waals surface area contributed by atoms with E-state index in [9.17, 15) is 9.59 Å². The summed E-state index contributed by atoms with van der Waals surface area (Å²) in [5.41, 5.74) is 3.11. The first-order valence-corrected chi connectivity index (χ1v) is 11.4. The van der Waals surface area contributed by atoms with Crippen LogP contribution >= 0.6 is 11.6 Å². The maximum absolute atomic E-state index is 13.1. The minimum absolute atomic E-state index is 0.312. The fraction of sp³-hybridized carbons (Fsp3) is 0.192. The highest BCUT2D eigenvalue weighted by Crippen LogP contribution is 2.15. The number of carbonyl (C=O) groups is 2. The Morgan fingerprint density at radius 1 is 0.971 bits per heavy atom. The normalized spacial score (nSPS) is 15.6. The van der Waals surface area contributed by atoms with Gasteiger partial charge >= 0.3 is 6.03 Å². The number of amides is 3. The number of anilines is 2. The van der Waals surface area contributed by atoms with Gasteiger partial charge < -0.3 is 21.3 Å². The van der Waals surface area contributed by atoms with Crippen LogP contribution in [0.25, 0.3) is 0 Å². The van der Waals surface area contributed by atoms with Gasteiger partial charge in [-0.15, -0.1) is 0 Å². The molecule has 2 atom stereocenters. The van der Waals surface area contributed by atoms with Gasteiger partial charge in [-0.25, -0.2) is 4.79 Å². The molecule has 0 aromatic heterocycles. The zero-order valence-electron chi connectivity index (χ0n) is 18.7. The summed E-state index contributed by atoms with van der Waals surface area (Å²) in [5.74, 6) is 0.542. The molecule has 0 fully saturated rings. The van der Waals surface area contributed by atoms with Gasteiger partial charge in [-0.05, 0) is 61.0 Å². The molecular weight excluding hydrogens is 450 g/mol. The standard InChI is InChI=1S/C26H26ClN5O2/c1-17-16-28-24(29-17)19-7-11-21(12-8-19)30-25(33)23(15-18-5-3-2-4-6-18)32-26(34)31-22-13-9-20(27)10-14-22/h2-14,17,23H,15-16H2,1H3,(H,28,29)(H,30,33)(H2,31,32,34). The summed E-state index contributed by atoms with van der Waals surface area (Å²) in [7, 11) is 0. The molecule has 0 spiro atoms. The van der Waals surface area contributed by atoms with Crippen LogP contribution in [0, 0.1) is 0 Å². The first-order chi connectivity index (χ1) is 16.5. The lowest BCUT2D eigenvalue weighted by atomic mass is 10.1. The van der Waals surface area contributed by atoms with E-state index < -0.39 is 12.1 Å². The molecule has 0 radical (unpaired) electrons. The lowest BCUT2D eigenvalue weighted by molar-refractivity contribution is -0.117. The van der Waals surface area contributed by atoms with Crippen molar-refractivity contribution < 1.29 is 9.59 Å². The summed E-state index contributed by atoms with van der Waals surface area (Å²) in [4.78, 5) is 30.2. The van der Waals surface area contributed by atoms with Crippen molar-refractivity contribution in [2.75, 3.05) is 17.2 Å². The predicted molar refractivity (Wildman–Crippen MR) is 137 cm³/mol. The maximum atomic E-state index is 13.1. The highest BCUT2D eigenvalue weighted by Gasteiger charge is 2.22. The molecule has 2 unspecified atom stereocenters. The van der Waals surface area contributed by atoms with Gasteiger partial charge in [0.25, 0.3) is 0 Å². The lowest BCUT2D eigenvalue weighted by Gasteiger charge is -2.19. The van der Waals surface area contributed by atoms with Crippen molar-refractivity contribution in [3.8, 4) is 0 Å². The third kappa shape index (κ3) is 6.36. The molecular formula is C26H26ClN5O2. The number of hydrogen-bond donors (Lipinski definition) is 4. The summed E-state index contributed by atoms with van der Waals surface area (Å²) in [6, 6.07) is 22.8. The Morgan fingerprint density at radius 3 is 2.26 bits per heavy atom. The van der Waals surface area contributed by atoms with E-state index in [0.29, 0.717) is 28.9 Å². The average molecular weight is 476 g/mol. The van der Waals surface area contributed by atoms with E-state index in [0.717, 1.165) is 23.5 Å². The van der Waals surface area contributed by atoms with Crippen molar-refractivity contribution >= 4 is 40.7 Å². The molecule has 3 aromatic carbocycles. The molecule has 1 aliphatic heterocycles. The number of carbonyl (C=O) groups excluding carboxylic acids is 2. The molecule has 3 aromatic rings. The van der Waals surface area contributed by atoms with Crippen LogP contribution in [0.5, 0.6) is 0 Å². The minimum Gasteiger partial charge on any atom is -0.366 e. The number of amidine groups is 1. The molecule has 1 heterocycles. The molecule has 0 bridgehead atoms. The summed E-state index contributed by atoms with van der Waals surface area (Å²) in [5, 5.41) is 12.3. The van der Waals surface area contributed by atoms with Crippen molar-refractivity contribution in [3.63, 3.8) is 0 Å². The molecule has 0 aliphatic carbocycles. The van der Waals surface area contributed by atoms with Gasteiger partial charge in [0.15, 0.2) is 0 Å². The zero-order valence-corrected chi connectivity index (χ0v) is 19.5. The zero-order chi connectivity index (χ0) is 23.9. The Morgan fingerprint density at radius 2 is 1.62 bits per heavy atom. The number of nitrogens with zero attached hydrogens (tertiary/aromatic N) is 1. The SMILES string of the molecule is CC1CN=C(c2ccc(NC(=O)C(Cc3ccccc3)NC(=O)Nc3ccc(Cl)cc3)cc2)N1. The molecule has 8 heteroatoms. The number of benzene rings is 3. The van der Waals surface area contributed by atoms with Crippen LogP contribution in [0.15, 0.2) is 83.9 Å².